The first-order valence-corrected chi connectivity index (χ1v) is 10.3. The fourth-order valence-electron chi connectivity index (χ4n) is 3.61. The van der Waals surface area contributed by atoms with Gasteiger partial charge in [-0.15, -0.1) is 0 Å². The summed E-state index contributed by atoms with van der Waals surface area (Å²) in [7, 11) is 0. The van der Waals surface area contributed by atoms with E-state index < -0.39 is 6.04 Å². The van der Waals surface area contributed by atoms with E-state index in [1.807, 2.05) is 54.6 Å². The first kappa shape index (κ1) is 18.0. The summed E-state index contributed by atoms with van der Waals surface area (Å²) in [6.07, 6.45) is 0. The minimum absolute atomic E-state index is 0.309. The lowest BCUT2D eigenvalue weighted by molar-refractivity contribution is -0.120. The molecule has 0 aliphatic carbocycles. The molecule has 0 unspecified atom stereocenters. The third kappa shape index (κ3) is 3.03. The number of hydrogen-bond donors (Lipinski definition) is 1. The number of nitrogens with one attached hydrogen (secondary N) is 1. The van der Waals surface area contributed by atoms with Gasteiger partial charge in [-0.25, -0.2) is 4.90 Å². The molecule has 4 nitrogen and oxygen atoms in total. The maximum Gasteiger partial charge on any atom is 0.272 e. The van der Waals surface area contributed by atoms with Crippen molar-refractivity contribution in [2.24, 2.45) is 0 Å². The average Bonchev–Trinajstić information content (AvgIpc) is 2.90. The van der Waals surface area contributed by atoms with Gasteiger partial charge in [0.1, 0.15) is 0 Å². The average molecular weight is 419 g/mol. The molecule has 6 heteroatoms. The van der Waals surface area contributed by atoms with Gasteiger partial charge in [0, 0.05) is 15.6 Å². The van der Waals surface area contributed by atoms with Crippen molar-refractivity contribution in [2.75, 3.05) is 10.2 Å². The molecule has 29 heavy (non-hydrogen) atoms. The Balaban J connectivity index is 1.66. The quantitative estimate of drug-likeness (QED) is 0.564. The number of para-hydroxylation sites is 1. The highest BCUT2D eigenvalue weighted by atomic mass is 35.5. The van der Waals surface area contributed by atoms with Crippen LogP contribution in [0.25, 0.3) is 0 Å². The summed E-state index contributed by atoms with van der Waals surface area (Å²) < 4.78 is 0. The van der Waals surface area contributed by atoms with Crippen molar-refractivity contribution in [1.82, 2.24) is 0 Å². The molecule has 1 N–H and O–H groups in total. The molecule has 142 valence electrons. The van der Waals surface area contributed by atoms with Crippen LogP contribution in [0.2, 0.25) is 5.02 Å². The van der Waals surface area contributed by atoms with Crippen molar-refractivity contribution in [1.29, 1.82) is 0 Å². The summed E-state index contributed by atoms with van der Waals surface area (Å²) in [6.45, 7) is 0. The molecule has 5 rings (SSSR count). The van der Waals surface area contributed by atoms with Crippen LogP contribution in [0, 0.1) is 0 Å². The Morgan fingerprint density at radius 1 is 0.828 bits per heavy atom. The number of carbonyl (C=O) groups excluding carboxylic acids is 2. The molecule has 2 heterocycles. The maximum absolute atomic E-state index is 13.5. The number of amides is 2. The molecule has 3 aromatic carbocycles. The van der Waals surface area contributed by atoms with Crippen LogP contribution in [0.5, 0.6) is 0 Å². The first-order valence-electron chi connectivity index (χ1n) is 9.10. The van der Waals surface area contributed by atoms with Crippen LogP contribution in [0.4, 0.5) is 11.4 Å². The van der Waals surface area contributed by atoms with Crippen LogP contribution in [-0.4, -0.2) is 11.8 Å². The van der Waals surface area contributed by atoms with E-state index in [-0.39, 0.29) is 11.8 Å². The second kappa shape index (κ2) is 7.10. The largest absolute Gasteiger partial charge is 0.373 e. The lowest BCUT2D eigenvalue weighted by atomic mass is 9.98. The minimum atomic E-state index is -0.420. The number of carbonyl (C=O) groups is 2. The topological polar surface area (TPSA) is 49.4 Å². The zero-order valence-corrected chi connectivity index (χ0v) is 16.7. The van der Waals surface area contributed by atoms with E-state index in [4.69, 9.17) is 11.6 Å². The lowest BCUT2D eigenvalue weighted by Crippen LogP contribution is -2.33. The zero-order valence-electron chi connectivity index (χ0n) is 15.1. The van der Waals surface area contributed by atoms with Gasteiger partial charge in [-0.2, -0.15) is 0 Å². The van der Waals surface area contributed by atoms with E-state index in [0.29, 0.717) is 21.2 Å². The van der Waals surface area contributed by atoms with Crippen molar-refractivity contribution in [2.45, 2.75) is 10.9 Å². The van der Waals surface area contributed by atoms with Gasteiger partial charge in [-0.1, -0.05) is 65.8 Å². The number of halogens is 1. The van der Waals surface area contributed by atoms with Gasteiger partial charge in [-0.05, 0) is 42.0 Å². The highest BCUT2D eigenvalue weighted by Gasteiger charge is 2.45. The zero-order chi connectivity index (χ0) is 20.0. The van der Waals surface area contributed by atoms with Crippen molar-refractivity contribution in [3.8, 4) is 0 Å². The van der Waals surface area contributed by atoms with Crippen LogP contribution >= 0.6 is 23.4 Å². The third-order valence-electron chi connectivity index (χ3n) is 4.98. The molecule has 0 aromatic heterocycles. The van der Waals surface area contributed by atoms with Crippen LogP contribution < -0.4 is 10.2 Å². The lowest BCUT2D eigenvalue weighted by Gasteiger charge is -2.22. The van der Waals surface area contributed by atoms with Crippen molar-refractivity contribution >= 4 is 46.6 Å². The fourth-order valence-corrected chi connectivity index (χ4v) is 4.84. The molecule has 2 amide bonds. The summed E-state index contributed by atoms with van der Waals surface area (Å²) in [5.74, 6) is -0.620. The highest BCUT2D eigenvalue weighted by molar-refractivity contribution is 8.04. The Hall–Kier alpha value is -3.02. The van der Waals surface area contributed by atoms with Crippen molar-refractivity contribution < 1.29 is 9.59 Å². The number of nitrogens with zero attached hydrogens (tertiary/aromatic N) is 1. The molecule has 0 saturated carbocycles. The Labute approximate surface area is 177 Å². The van der Waals surface area contributed by atoms with Crippen LogP contribution in [0.3, 0.4) is 0 Å². The van der Waals surface area contributed by atoms with Gasteiger partial charge in [0.2, 0.25) is 0 Å². The molecule has 0 bridgehead atoms. The predicted molar refractivity (Wildman–Crippen MR) is 116 cm³/mol. The van der Waals surface area contributed by atoms with Crippen LogP contribution in [-0.2, 0) is 9.59 Å². The number of imide groups is 1. The van der Waals surface area contributed by atoms with E-state index in [2.05, 4.69) is 5.32 Å². The van der Waals surface area contributed by atoms with E-state index in [1.165, 1.54) is 16.7 Å². The fraction of sp³-hybridized carbons (Fsp3) is 0.0435. The van der Waals surface area contributed by atoms with Gasteiger partial charge in [0.15, 0.2) is 0 Å². The van der Waals surface area contributed by atoms with Gasteiger partial charge < -0.3 is 5.32 Å². The van der Waals surface area contributed by atoms with Crippen LogP contribution in [0.1, 0.15) is 11.6 Å². The molecule has 2 aliphatic heterocycles. The molecular weight excluding hydrogens is 404 g/mol. The Bertz CT molecular complexity index is 1160. The molecule has 2 aliphatic rings. The summed E-state index contributed by atoms with van der Waals surface area (Å²) >= 11 is 7.32. The minimum Gasteiger partial charge on any atom is -0.373 e. The standard InChI is InChI=1S/C23H15ClN2O2S/c24-15-10-12-16(13-11-15)26-22(27)19-20(14-6-2-1-3-7-14)25-17-8-4-5-9-18(17)29-21(19)23(26)28/h1-13,20,25H/t20-/m0/s1. The van der Waals surface area contributed by atoms with E-state index in [1.54, 1.807) is 24.3 Å². The molecule has 0 spiro atoms. The number of anilines is 2. The summed E-state index contributed by atoms with van der Waals surface area (Å²) in [6, 6.07) is 23.8. The van der Waals surface area contributed by atoms with E-state index in [0.717, 1.165) is 16.1 Å². The number of benzene rings is 3. The molecule has 0 fully saturated rings. The number of fused-ring (bicyclic) bond motifs is 1. The summed E-state index contributed by atoms with van der Waals surface area (Å²) in [5.41, 5.74) is 2.81. The molecule has 0 saturated heterocycles. The number of thioether (sulfide) groups is 1. The molecule has 0 radical (unpaired) electrons. The second-order valence-electron chi connectivity index (χ2n) is 6.75. The number of hydrogen-bond acceptors (Lipinski definition) is 4. The molecule has 3 aromatic rings. The van der Waals surface area contributed by atoms with E-state index in [9.17, 15) is 9.59 Å². The second-order valence-corrected chi connectivity index (χ2v) is 8.24. The number of rotatable bonds is 2. The molecular formula is C23H15ClN2O2S. The van der Waals surface area contributed by atoms with Gasteiger partial charge >= 0.3 is 0 Å². The summed E-state index contributed by atoms with van der Waals surface area (Å²) in [4.78, 5) is 29.4. The normalized spacial score (nSPS) is 18.2. The van der Waals surface area contributed by atoms with Gasteiger partial charge in [0.05, 0.1) is 22.2 Å². The molecule has 1 atom stereocenters. The predicted octanol–water partition coefficient (Wildman–Crippen LogP) is 5.43. The van der Waals surface area contributed by atoms with Gasteiger partial charge in [0.25, 0.3) is 11.8 Å². The summed E-state index contributed by atoms with van der Waals surface area (Å²) in [5, 5.41) is 4.03. The SMILES string of the molecule is O=C1C2=C(C(=O)N1c1ccc(Cl)cc1)[C@H](c1ccccc1)Nc1ccccc1S2. The van der Waals surface area contributed by atoms with E-state index >= 15 is 0 Å². The smallest absolute Gasteiger partial charge is 0.272 e. The van der Waals surface area contributed by atoms with Gasteiger partial charge in [-0.3, -0.25) is 9.59 Å². The maximum atomic E-state index is 13.5. The first-order chi connectivity index (χ1) is 14.1. The Kier molecular flexibility index (Phi) is 4.42. The monoisotopic (exact) mass is 418 g/mol. The van der Waals surface area contributed by atoms with Crippen molar-refractivity contribution in [3.05, 3.63) is 99.9 Å². The van der Waals surface area contributed by atoms with Crippen LogP contribution in [0.15, 0.2) is 94.2 Å². The Morgan fingerprint density at radius 3 is 2.28 bits per heavy atom. The Morgan fingerprint density at radius 2 is 1.52 bits per heavy atom. The highest BCUT2D eigenvalue weighted by Crippen LogP contribution is 2.47. The van der Waals surface area contributed by atoms with Crippen molar-refractivity contribution in [3.63, 3.8) is 0 Å². The third-order valence-corrected chi connectivity index (χ3v) is 6.41.